The van der Waals surface area contributed by atoms with Crippen molar-refractivity contribution in [3.8, 4) is 0 Å². The first-order valence-electron chi connectivity index (χ1n) is 9.87. The van der Waals surface area contributed by atoms with Gasteiger partial charge in [-0.3, -0.25) is 9.69 Å². The molecule has 1 aromatic heterocycles. The van der Waals surface area contributed by atoms with E-state index in [9.17, 15) is 9.18 Å². The first kappa shape index (κ1) is 18.7. The number of hydrogen-bond donors (Lipinski definition) is 0. The SMILES string of the molecule is Cn1cc(CC(=O)N2CCCN(Cc3ccc(F)cc3)CC2)c2ccccc21. The van der Waals surface area contributed by atoms with E-state index in [-0.39, 0.29) is 11.7 Å². The van der Waals surface area contributed by atoms with Crippen molar-refractivity contribution in [2.45, 2.75) is 19.4 Å². The van der Waals surface area contributed by atoms with Crippen LogP contribution in [0, 0.1) is 5.82 Å². The molecule has 1 amide bonds. The van der Waals surface area contributed by atoms with E-state index in [1.54, 1.807) is 0 Å². The van der Waals surface area contributed by atoms with Gasteiger partial charge in [0.2, 0.25) is 5.91 Å². The van der Waals surface area contributed by atoms with Gasteiger partial charge in [-0.15, -0.1) is 0 Å². The van der Waals surface area contributed by atoms with Gasteiger partial charge in [-0.25, -0.2) is 4.39 Å². The predicted octanol–water partition coefficient (Wildman–Crippen LogP) is 3.59. The molecule has 1 aliphatic rings. The van der Waals surface area contributed by atoms with Crippen molar-refractivity contribution < 1.29 is 9.18 Å². The van der Waals surface area contributed by atoms with Crippen LogP contribution in [0.5, 0.6) is 0 Å². The number of rotatable bonds is 4. The molecule has 1 fully saturated rings. The Hall–Kier alpha value is -2.66. The van der Waals surface area contributed by atoms with Crippen molar-refractivity contribution >= 4 is 16.8 Å². The molecule has 2 aromatic carbocycles. The van der Waals surface area contributed by atoms with Crippen LogP contribution in [0.15, 0.2) is 54.7 Å². The molecule has 0 aliphatic carbocycles. The Morgan fingerprint density at radius 3 is 2.61 bits per heavy atom. The van der Waals surface area contributed by atoms with Crippen molar-refractivity contribution in [2.24, 2.45) is 7.05 Å². The van der Waals surface area contributed by atoms with Crippen LogP contribution >= 0.6 is 0 Å². The summed E-state index contributed by atoms with van der Waals surface area (Å²) in [5, 5.41) is 1.16. The van der Waals surface area contributed by atoms with Crippen LogP contribution in [-0.4, -0.2) is 46.5 Å². The van der Waals surface area contributed by atoms with E-state index in [0.29, 0.717) is 6.42 Å². The van der Waals surface area contributed by atoms with Crippen LogP contribution in [0.1, 0.15) is 17.5 Å². The van der Waals surface area contributed by atoms with Gasteiger partial charge in [0.15, 0.2) is 0 Å². The molecule has 0 radical (unpaired) electrons. The maximum absolute atomic E-state index is 13.1. The summed E-state index contributed by atoms with van der Waals surface area (Å²) in [6, 6.07) is 14.9. The third kappa shape index (κ3) is 4.09. The first-order chi connectivity index (χ1) is 13.6. The Morgan fingerprint density at radius 2 is 1.79 bits per heavy atom. The number of carbonyl (C=O) groups is 1. The number of nitrogens with zero attached hydrogens (tertiary/aromatic N) is 3. The Bertz CT molecular complexity index is 964. The molecule has 0 bridgehead atoms. The number of hydrogen-bond acceptors (Lipinski definition) is 2. The monoisotopic (exact) mass is 379 g/mol. The number of para-hydroxylation sites is 1. The molecule has 5 heteroatoms. The average Bonchev–Trinajstić information content (AvgIpc) is 2.87. The van der Waals surface area contributed by atoms with Crippen LogP contribution in [0.25, 0.3) is 10.9 Å². The second-order valence-electron chi connectivity index (χ2n) is 7.60. The lowest BCUT2D eigenvalue weighted by molar-refractivity contribution is -0.130. The highest BCUT2D eigenvalue weighted by molar-refractivity contribution is 5.89. The summed E-state index contributed by atoms with van der Waals surface area (Å²) < 4.78 is 15.2. The number of aryl methyl sites for hydroxylation is 1. The minimum atomic E-state index is -0.204. The molecule has 0 N–H and O–H groups in total. The summed E-state index contributed by atoms with van der Waals surface area (Å²) in [6.07, 6.45) is 3.48. The third-order valence-corrected chi connectivity index (χ3v) is 5.58. The fourth-order valence-electron chi connectivity index (χ4n) is 4.07. The quantitative estimate of drug-likeness (QED) is 0.693. The lowest BCUT2D eigenvalue weighted by Gasteiger charge is -2.22. The highest BCUT2D eigenvalue weighted by Gasteiger charge is 2.20. The van der Waals surface area contributed by atoms with E-state index < -0.39 is 0 Å². The largest absolute Gasteiger partial charge is 0.350 e. The van der Waals surface area contributed by atoms with Gasteiger partial charge in [-0.1, -0.05) is 30.3 Å². The Labute approximate surface area is 165 Å². The summed E-state index contributed by atoms with van der Waals surface area (Å²) in [4.78, 5) is 17.3. The standard InChI is InChI=1S/C23H26FN3O/c1-25-17-19(21-5-2-3-6-22(21)25)15-23(28)27-12-4-11-26(13-14-27)16-18-7-9-20(24)10-8-18/h2-3,5-10,17H,4,11-16H2,1H3. The van der Waals surface area contributed by atoms with E-state index in [0.717, 1.165) is 61.2 Å². The van der Waals surface area contributed by atoms with Crippen molar-refractivity contribution in [1.29, 1.82) is 0 Å². The Balaban J connectivity index is 1.38. The summed E-state index contributed by atoms with van der Waals surface area (Å²) in [5.41, 5.74) is 3.36. The molecule has 146 valence electrons. The van der Waals surface area contributed by atoms with Gasteiger partial charge in [0.05, 0.1) is 6.42 Å². The van der Waals surface area contributed by atoms with Crippen molar-refractivity contribution in [3.05, 3.63) is 71.7 Å². The number of aromatic nitrogens is 1. The summed E-state index contributed by atoms with van der Waals surface area (Å²) in [7, 11) is 2.02. The molecule has 2 heterocycles. The summed E-state index contributed by atoms with van der Waals surface area (Å²) in [5.74, 6) is -0.00944. The fraction of sp³-hybridized carbons (Fsp3) is 0.348. The molecule has 1 saturated heterocycles. The molecule has 4 rings (SSSR count). The van der Waals surface area contributed by atoms with Gasteiger partial charge < -0.3 is 9.47 Å². The molecule has 3 aromatic rings. The first-order valence-corrected chi connectivity index (χ1v) is 9.87. The molecule has 4 nitrogen and oxygen atoms in total. The van der Waals surface area contributed by atoms with E-state index >= 15 is 0 Å². The van der Waals surface area contributed by atoms with E-state index in [1.165, 1.54) is 12.1 Å². The average molecular weight is 379 g/mol. The molecule has 0 unspecified atom stereocenters. The maximum atomic E-state index is 13.1. The lowest BCUT2D eigenvalue weighted by atomic mass is 10.1. The highest BCUT2D eigenvalue weighted by atomic mass is 19.1. The van der Waals surface area contributed by atoms with Crippen molar-refractivity contribution in [3.63, 3.8) is 0 Å². The number of benzene rings is 2. The zero-order chi connectivity index (χ0) is 19.5. The second kappa shape index (κ2) is 8.15. The molecular formula is C23H26FN3O. The highest BCUT2D eigenvalue weighted by Crippen LogP contribution is 2.21. The fourth-order valence-corrected chi connectivity index (χ4v) is 4.07. The molecule has 0 atom stereocenters. The summed E-state index contributed by atoms with van der Waals surface area (Å²) in [6.45, 7) is 4.13. The molecule has 0 spiro atoms. The Kier molecular flexibility index (Phi) is 5.44. The number of carbonyl (C=O) groups excluding carboxylic acids is 1. The Morgan fingerprint density at radius 1 is 1.00 bits per heavy atom. The van der Waals surface area contributed by atoms with Gasteiger partial charge in [-0.05, 0) is 35.7 Å². The minimum absolute atomic E-state index is 0.194. The predicted molar refractivity (Wildman–Crippen MR) is 109 cm³/mol. The van der Waals surface area contributed by atoms with Gasteiger partial charge in [-0.2, -0.15) is 0 Å². The third-order valence-electron chi connectivity index (χ3n) is 5.58. The lowest BCUT2D eigenvalue weighted by Crippen LogP contribution is -2.36. The maximum Gasteiger partial charge on any atom is 0.227 e. The molecule has 1 aliphatic heterocycles. The van der Waals surface area contributed by atoms with E-state index in [1.807, 2.05) is 36.2 Å². The van der Waals surface area contributed by atoms with Crippen LogP contribution in [0.2, 0.25) is 0 Å². The van der Waals surface area contributed by atoms with Gasteiger partial charge in [0.1, 0.15) is 5.82 Å². The van der Waals surface area contributed by atoms with Crippen LogP contribution in [0.4, 0.5) is 4.39 Å². The molecular weight excluding hydrogens is 353 g/mol. The normalized spacial score (nSPS) is 15.7. The smallest absolute Gasteiger partial charge is 0.227 e. The van der Waals surface area contributed by atoms with Crippen LogP contribution < -0.4 is 0 Å². The topological polar surface area (TPSA) is 28.5 Å². The van der Waals surface area contributed by atoms with Crippen molar-refractivity contribution in [2.75, 3.05) is 26.2 Å². The minimum Gasteiger partial charge on any atom is -0.350 e. The second-order valence-corrected chi connectivity index (χ2v) is 7.60. The number of fused-ring (bicyclic) bond motifs is 1. The van der Waals surface area contributed by atoms with E-state index in [4.69, 9.17) is 0 Å². The zero-order valence-corrected chi connectivity index (χ0v) is 16.3. The van der Waals surface area contributed by atoms with Crippen LogP contribution in [0.3, 0.4) is 0 Å². The van der Waals surface area contributed by atoms with Crippen LogP contribution in [-0.2, 0) is 24.8 Å². The number of amides is 1. The van der Waals surface area contributed by atoms with E-state index in [2.05, 4.69) is 27.8 Å². The molecule has 28 heavy (non-hydrogen) atoms. The number of halogens is 1. The van der Waals surface area contributed by atoms with Crippen molar-refractivity contribution in [1.82, 2.24) is 14.4 Å². The van der Waals surface area contributed by atoms with Gasteiger partial charge in [0.25, 0.3) is 0 Å². The van der Waals surface area contributed by atoms with Gasteiger partial charge in [0, 0.05) is 56.9 Å². The zero-order valence-electron chi connectivity index (χ0n) is 16.3. The summed E-state index contributed by atoms with van der Waals surface area (Å²) >= 11 is 0. The van der Waals surface area contributed by atoms with Gasteiger partial charge >= 0.3 is 0 Å². The molecule has 0 saturated carbocycles.